The summed E-state index contributed by atoms with van der Waals surface area (Å²) in [4.78, 5) is 26.9. The maximum absolute atomic E-state index is 11.5. The monoisotopic (exact) mass is 336 g/mol. The van der Waals surface area contributed by atoms with Crippen molar-refractivity contribution in [3.63, 3.8) is 0 Å². The minimum Gasteiger partial charge on any atom is -0.481 e. The number of carboxylic acid groups (broad SMARTS) is 1. The summed E-state index contributed by atoms with van der Waals surface area (Å²) in [5, 5.41) is 17.4. The van der Waals surface area contributed by atoms with Crippen molar-refractivity contribution in [1.29, 1.82) is 0 Å². The molecule has 0 aliphatic carbocycles. The number of hydrogen-bond acceptors (Lipinski definition) is 5. The van der Waals surface area contributed by atoms with Crippen molar-refractivity contribution >= 4 is 28.9 Å². The van der Waals surface area contributed by atoms with E-state index in [1.165, 1.54) is 6.92 Å². The van der Waals surface area contributed by atoms with Crippen LogP contribution in [0.25, 0.3) is 5.65 Å². The van der Waals surface area contributed by atoms with Crippen LogP contribution in [-0.2, 0) is 11.2 Å². The second kappa shape index (κ2) is 6.64. The standard InChI is InChI=1S/C18H16N4O3/c1-11-6-7-22-16(8-11)19-15(10-17(24)25)18(22)21-20-14-5-3-4-13(9-14)12(2)23/h3-9H,10H2,1-2H3,(H,24,25). The molecule has 0 atom stereocenters. The third kappa shape index (κ3) is 3.60. The number of carbonyl (C=O) groups excluding carboxylic acids is 1. The van der Waals surface area contributed by atoms with Gasteiger partial charge in [-0.25, -0.2) is 4.98 Å². The fraction of sp³-hybridized carbons (Fsp3) is 0.167. The van der Waals surface area contributed by atoms with Gasteiger partial charge in [-0.2, -0.15) is 0 Å². The van der Waals surface area contributed by atoms with Gasteiger partial charge in [-0.05, 0) is 43.7 Å². The molecule has 0 saturated carbocycles. The Morgan fingerprint density at radius 2 is 2.00 bits per heavy atom. The number of azo groups is 1. The molecule has 7 heteroatoms. The number of aryl methyl sites for hydroxylation is 1. The van der Waals surface area contributed by atoms with E-state index >= 15 is 0 Å². The molecule has 0 aliphatic heterocycles. The van der Waals surface area contributed by atoms with E-state index in [0.29, 0.717) is 28.4 Å². The van der Waals surface area contributed by atoms with Crippen molar-refractivity contribution in [2.24, 2.45) is 10.2 Å². The Bertz CT molecular complexity index is 1000. The van der Waals surface area contributed by atoms with Crippen molar-refractivity contribution in [3.8, 4) is 0 Å². The van der Waals surface area contributed by atoms with E-state index in [2.05, 4.69) is 15.2 Å². The van der Waals surface area contributed by atoms with E-state index in [-0.39, 0.29) is 12.2 Å². The number of carbonyl (C=O) groups is 2. The van der Waals surface area contributed by atoms with Gasteiger partial charge in [-0.1, -0.05) is 12.1 Å². The Kier molecular flexibility index (Phi) is 4.38. The highest BCUT2D eigenvalue weighted by molar-refractivity contribution is 5.94. The van der Waals surface area contributed by atoms with Gasteiger partial charge in [0.15, 0.2) is 11.6 Å². The number of nitrogens with zero attached hydrogens (tertiary/aromatic N) is 4. The van der Waals surface area contributed by atoms with Crippen molar-refractivity contribution in [3.05, 3.63) is 59.4 Å². The van der Waals surface area contributed by atoms with Gasteiger partial charge in [0, 0.05) is 11.8 Å². The van der Waals surface area contributed by atoms with Gasteiger partial charge < -0.3 is 5.11 Å². The summed E-state index contributed by atoms with van der Waals surface area (Å²) in [5.74, 6) is -0.685. The molecule has 0 unspecified atom stereocenters. The first-order valence-corrected chi connectivity index (χ1v) is 7.66. The number of rotatable bonds is 5. The van der Waals surface area contributed by atoms with Crippen LogP contribution in [0, 0.1) is 6.92 Å². The lowest BCUT2D eigenvalue weighted by Gasteiger charge is -1.99. The average molecular weight is 336 g/mol. The van der Waals surface area contributed by atoms with Gasteiger partial charge in [0.25, 0.3) is 0 Å². The Labute approximate surface area is 143 Å². The molecule has 0 radical (unpaired) electrons. The molecule has 0 saturated heterocycles. The first kappa shape index (κ1) is 16.5. The van der Waals surface area contributed by atoms with Crippen molar-refractivity contribution in [2.45, 2.75) is 20.3 Å². The molecule has 0 fully saturated rings. The van der Waals surface area contributed by atoms with Crippen LogP contribution in [-0.4, -0.2) is 26.2 Å². The zero-order valence-electron chi connectivity index (χ0n) is 13.8. The Morgan fingerprint density at radius 3 is 2.72 bits per heavy atom. The lowest BCUT2D eigenvalue weighted by molar-refractivity contribution is -0.136. The van der Waals surface area contributed by atoms with E-state index in [0.717, 1.165) is 5.56 Å². The summed E-state index contributed by atoms with van der Waals surface area (Å²) in [7, 11) is 0. The van der Waals surface area contributed by atoms with E-state index < -0.39 is 5.97 Å². The summed E-state index contributed by atoms with van der Waals surface area (Å²) in [6, 6.07) is 10.5. The smallest absolute Gasteiger partial charge is 0.309 e. The first-order chi connectivity index (χ1) is 11.9. The number of imidazole rings is 1. The van der Waals surface area contributed by atoms with E-state index in [1.807, 2.05) is 19.1 Å². The third-order valence-electron chi connectivity index (χ3n) is 3.66. The van der Waals surface area contributed by atoms with Gasteiger partial charge >= 0.3 is 5.97 Å². The second-order valence-corrected chi connectivity index (χ2v) is 5.69. The second-order valence-electron chi connectivity index (χ2n) is 5.69. The fourth-order valence-electron chi connectivity index (χ4n) is 2.44. The first-order valence-electron chi connectivity index (χ1n) is 7.66. The molecule has 0 bridgehead atoms. The Morgan fingerprint density at radius 1 is 1.20 bits per heavy atom. The SMILES string of the molecule is CC(=O)c1cccc(N=Nc2c(CC(=O)O)nc3cc(C)ccn23)c1. The summed E-state index contributed by atoms with van der Waals surface area (Å²) in [6.07, 6.45) is 1.53. The predicted molar refractivity (Wildman–Crippen MR) is 91.9 cm³/mol. The van der Waals surface area contributed by atoms with Crippen LogP contribution in [0.3, 0.4) is 0 Å². The van der Waals surface area contributed by atoms with Gasteiger partial charge in [-0.3, -0.25) is 14.0 Å². The van der Waals surface area contributed by atoms with Crippen molar-refractivity contribution in [2.75, 3.05) is 0 Å². The quantitative estimate of drug-likeness (QED) is 0.564. The molecule has 3 rings (SSSR count). The molecule has 3 aromatic rings. The number of benzene rings is 1. The number of fused-ring (bicyclic) bond motifs is 1. The number of aliphatic carboxylic acids is 1. The molecule has 0 amide bonds. The van der Waals surface area contributed by atoms with Crippen molar-refractivity contribution < 1.29 is 14.7 Å². The number of aromatic nitrogens is 2. The lowest BCUT2D eigenvalue weighted by atomic mass is 10.1. The average Bonchev–Trinajstić information content (AvgIpc) is 2.88. The molecule has 1 aromatic carbocycles. The fourth-order valence-corrected chi connectivity index (χ4v) is 2.44. The minimum atomic E-state index is -0.991. The van der Waals surface area contributed by atoms with Crippen LogP contribution in [0.15, 0.2) is 52.8 Å². The van der Waals surface area contributed by atoms with E-state index in [1.54, 1.807) is 34.9 Å². The van der Waals surface area contributed by atoms with Crippen LogP contribution >= 0.6 is 0 Å². The van der Waals surface area contributed by atoms with E-state index in [9.17, 15) is 9.59 Å². The summed E-state index contributed by atoms with van der Waals surface area (Å²) < 4.78 is 1.70. The number of Topliss-reactive ketones (excluding diaryl/α,β-unsaturated/α-hetero) is 1. The minimum absolute atomic E-state index is 0.0612. The number of ketones is 1. The number of hydrogen-bond donors (Lipinski definition) is 1. The third-order valence-corrected chi connectivity index (χ3v) is 3.66. The maximum atomic E-state index is 11.5. The largest absolute Gasteiger partial charge is 0.481 e. The van der Waals surface area contributed by atoms with Crippen LogP contribution in [0.1, 0.15) is 28.5 Å². The molecule has 7 nitrogen and oxygen atoms in total. The molecule has 1 N–H and O–H groups in total. The molecular formula is C18H16N4O3. The van der Waals surface area contributed by atoms with Crippen LogP contribution in [0.5, 0.6) is 0 Å². The molecule has 2 aromatic heterocycles. The van der Waals surface area contributed by atoms with Crippen molar-refractivity contribution in [1.82, 2.24) is 9.38 Å². The number of carboxylic acids is 1. The van der Waals surface area contributed by atoms with Gasteiger partial charge in [0.2, 0.25) is 0 Å². The molecule has 126 valence electrons. The summed E-state index contributed by atoms with van der Waals surface area (Å²) in [5.41, 5.74) is 3.01. The van der Waals surface area contributed by atoms with Gasteiger partial charge in [0.1, 0.15) is 5.65 Å². The molecule has 2 heterocycles. The predicted octanol–water partition coefficient (Wildman–Crippen LogP) is 3.89. The van der Waals surface area contributed by atoms with Gasteiger partial charge in [0.05, 0.1) is 17.8 Å². The summed E-state index contributed by atoms with van der Waals surface area (Å²) >= 11 is 0. The highest BCUT2D eigenvalue weighted by Crippen LogP contribution is 2.25. The van der Waals surface area contributed by atoms with Gasteiger partial charge in [-0.15, -0.1) is 10.2 Å². The molecule has 25 heavy (non-hydrogen) atoms. The molecular weight excluding hydrogens is 320 g/mol. The maximum Gasteiger partial charge on any atom is 0.309 e. The topological polar surface area (TPSA) is 96.4 Å². The Hall–Kier alpha value is -3.35. The van der Waals surface area contributed by atoms with Crippen LogP contribution in [0.2, 0.25) is 0 Å². The van der Waals surface area contributed by atoms with Crippen LogP contribution in [0.4, 0.5) is 11.5 Å². The van der Waals surface area contributed by atoms with E-state index in [4.69, 9.17) is 5.11 Å². The van der Waals surface area contributed by atoms with Crippen LogP contribution < -0.4 is 0 Å². The number of pyridine rings is 1. The highest BCUT2D eigenvalue weighted by Gasteiger charge is 2.15. The highest BCUT2D eigenvalue weighted by atomic mass is 16.4. The zero-order chi connectivity index (χ0) is 18.0. The Balaban J connectivity index is 2.06. The summed E-state index contributed by atoms with van der Waals surface area (Å²) in [6.45, 7) is 3.41. The molecule has 0 spiro atoms. The normalized spacial score (nSPS) is 11.3. The lowest BCUT2D eigenvalue weighted by Crippen LogP contribution is -2.00. The molecule has 0 aliphatic rings. The zero-order valence-corrected chi connectivity index (χ0v) is 13.8.